The van der Waals surface area contributed by atoms with E-state index in [1.54, 1.807) is 11.9 Å². The molecular weight excluding hydrogens is 308 g/mol. The lowest BCUT2D eigenvalue weighted by molar-refractivity contribution is -0.131. The first kappa shape index (κ1) is 16.1. The van der Waals surface area contributed by atoms with Crippen LogP contribution in [-0.4, -0.2) is 54.1 Å². The summed E-state index contributed by atoms with van der Waals surface area (Å²) in [5.41, 5.74) is 1.08. The number of aliphatic hydroxyl groups excluding tert-OH is 1. The number of halogens is 1. The fourth-order valence-corrected chi connectivity index (χ4v) is 2.01. The zero-order valence-electron chi connectivity index (χ0n) is 11.6. The molecular formula is C14H21BrN2O2. The minimum Gasteiger partial charge on any atom is -0.395 e. The molecule has 0 spiro atoms. The molecule has 1 atom stereocenters. The topological polar surface area (TPSA) is 43.8 Å². The van der Waals surface area contributed by atoms with E-state index in [1.807, 2.05) is 43.1 Å². The first-order chi connectivity index (χ1) is 8.95. The maximum atomic E-state index is 12.1. The van der Waals surface area contributed by atoms with E-state index in [0.717, 1.165) is 10.0 Å². The van der Waals surface area contributed by atoms with Gasteiger partial charge in [0.1, 0.15) is 0 Å². The molecule has 0 radical (unpaired) electrons. The summed E-state index contributed by atoms with van der Waals surface area (Å²) in [6, 6.07) is 7.85. The average Bonchev–Trinajstić information content (AvgIpc) is 2.40. The van der Waals surface area contributed by atoms with Gasteiger partial charge in [0.05, 0.1) is 13.2 Å². The van der Waals surface area contributed by atoms with Gasteiger partial charge in [-0.25, -0.2) is 0 Å². The summed E-state index contributed by atoms with van der Waals surface area (Å²) in [5.74, 6) is 0.0403. The van der Waals surface area contributed by atoms with Crippen molar-refractivity contribution in [1.29, 1.82) is 0 Å². The van der Waals surface area contributed by atoms with E-state index in [-0.39, 0.29) is 18.6 Å². The summed E-state index contributed by atoms with van der Waals surface area (Å²) in [6.45, 7) is 2.82. The summed E-state index contributed by atoms with van der Waals surface area (Å²) in [4.78, 5) is 15.6. The van der Waals surface area contributed by atoms with Crippen LogP contribution in [0.1, 0.15) is 12.5 Å². The smallest absolute Gasteiger partial charge is 0.236 e. The highest BCUT2D eigenvalue weighted by Gasteiger charge is 2.16. The molecule has 5 heteroatoms. The van der Waals surface area contributed by atoms with Crippen molar-refractivity contribution in [1.82, 2.24) is 9.80 Å². The maximum Gasteiger partial charge on any atom is 0.236 e. The number of amides is 1. The summed E-state index contributed by atoms with van der Waals surface area (Å²) in [7, 11) is 3.63. The van der Waals surface area contributed by atoms with E-state index >= 15 is 0 Å². The predicted molar refractivity (Wildman–Crippen MR) is 79.8 cm³/mol. The van der Waals surface area contributed by atoms with Crippen LogP contribution >= 0.6 is 15.9 Å². The Morgan fingerprint density at radius 1 is 1.37 bits per heavy atom. The van der Waals surface area contributed by atoms with Crippen molar-refractivity contribution in [3.63, 3.8) is 0 Å². The van der Waals surface area contributed by atoms with Crippen LogP contribution in [-0.2, 0) is 11.3 Å². The maximum absolute atomic E-state index is 12.1. The number of hydrogen-bond donors (Lipinski definition) is 1. The molecule has 0 aliphatic carbocycles. The van der Waals surface area contributed by atoms with Crippen LogP contribution in [0.15, 0.2) is 28.7 Å². The van der Waals surface area contributed by atoms with Gasteiger partial charge < -0.3 is 10.0 Å². The van der Waals surface area contributed by atoms with Crippen molar-refractivity contribution in [3.8, 4) is 0 Å². The van der Waals surface area contributed by atoms with Crippen molar-refractivity contribution in [3.05, 3.63) is 34.3 Å². The predicted octanol–water partition coefficient (Wildman–Crippen LogP) is 1.72. The molecule has 1 aromatic rings. The second kappa shape index (κ2) is 7.62. The van der Waals surface area contributed by atoms with E-state index in [1.165, 1.54) is 0 Å². The van der Waals surface area contributed by atoms with E-state index in [9.17, 15) is 4.79 Å². The van der Waals surface area contributed by atoms with Gasteiger partial charge in [0.2, 0.25) is 5.91 Å². The third-order valence-electron chi connectivity index (χ3n) is 3.19. The summed E-state index contributed by atoms with van der Waals surface area (Å²) in [5, 5.41) is 9.06. The van der Waals surface area contributed by atoms with Gasteiger partial charge in [-0.3, -0.25) is 9.69 Å². The van der Waals surface area contributed by atoms with Crippen LogP contribution in [0, 0.1) is 0 Å². The first-order valence-corrected chi connectivity index (χ1v) is 7.03. The number of nitrogens with zero attached hydrogens (tertiary/aromatic N) is 2. The van der Waals surface area contributed by atoms with Gasteiger partial charge in [0, 0.05) is 24.1 Å². The van der Waals surface area contributed by atoms with Crippen LogP contribution in [0.25, 0.3) is 0 Å². The average molecular weight is 329 g/mol. The second-order valence-electron chi connectivity index (χ2n) is 4.79. The second-order valence-corrected chi connectivity index (χ2v) is 5.64. The number of hydrogen-bond acceptors (Lipinski definition) is 3. The lowest BCUT2D eigenvalue weighted by atomic mass is 10.2. The minimum absolute atomic E-state index is 0.0131. The number of carbonyl (C=O) groups is 1. The third-order valence-corrected chi connectivity index (χ3v) is 3.97. The number of aliphatic hydroxyl groups is 1. The minimum atomic E-state index is -0.0131. The van der Waals surface area contributed by atoms with Crippen molar-refractivity contribution in [2.24, 2.45) is 0 Å². The van der Waals surface area contributed by atoms with E-state index < -0.39 is 0 Å². The number of benzene rings is 1. The molecule has 1 N–H and O–H groups in total. The fraction of sp³-hybridized carbons (Fsp3) is 0.500. The van der Waals surface area contributed by atoms with Gasteiger partial charge in [-0.05, 0) is 25.6 Å². The molecule has 1 amide bonds. The molecule has 0 saturated carbocycles. The number of carbonyl (C=O) groups excluding carboxylic acids is 1. The van der Waals surface area contributed by atoms with Crippen molar-refractivity contribution >= 4 is 21.8 Å². The molecule has 0 fully saturated rings. The lowest BCUT2D eigenvalue weighted by Crippen LogP contribution is -2.41. The Hall–Kier alpha value is -0.910. The van der Waals surface area contributed by atoms with Gasteiger partial charge in [0.25, 0.3) is 0 Å². The standard InChI is InChI=1S/C14H21BrN2O2/c1-11(10-18)16(2)9-14(19)17(3)8-12-6-4-5-7-13(12)15/h4-7,11,18H,8-10H2,1-3H3. The first-order valence-electron chi connectivity index (χ1n) is 6.24. The lowest BCUT2D eigenvalue weighted by Gasteiger charge is -2.25. The van der Waals surface area contributed by atoms with Crippen molar-refractivity contribution in [2.45, 2.75) is 19.5 Å². The molecule has 19 heavy (non-hydrogen) atoms. The summed E-state index contributed by atoms with van der Waals surface area (Å²) in [6.07, 6.45) is 0. The van der Waals surface area contributed by atoms with Crippen molar-refractivity contribution < 1.29 is 9.90 Å². The van der Waals surface area contributed by atoms with Crippen LogP contribution in [0.3, 0.4) is 0 Å². The molecule has 1 unspecified atom stereocenters. The molecule has 0 aliphatic rings. The van der Waals surface area contributed by atoms with Gasteiger partial charge in [-0.15, -0.1) is 0 Å². The van der Waals surface area contributed by atoms with E-state index in [0.29, 0.717) is 13.1 Å². The molecule has 0 heterocycles. The molecule has 106 valence electrons. The van der Waals surface area contributed by atoms with Crippen LogP contribution in [0.5, 0.6) is 0 Å². The summed E-state index contributed by atoms with van der Waals surface area (Å²) < 4.78 is 1.01. The van der Waals surface area contributed by atoms with Gasteiger partial charge in [-0.2, -0.15) is 0 Å². The Labute approximate surface area is 123 Å². The Balaban J connectivity index is 2.56. The highest BCUT2D eigenvalue weighted by molar-refractivity contribution is 9.10. The largest absolute Gasteiger partial charge is 0.395 e. The molecule has 0 saturated heterocycles. The summed E-state index contributed by atoms with van der Waals surface area (Å²) >= 11 is 3.48. The fourth-order valence-electron chi connectivity index (χ4n) is 1.60. The van der Waals surface area contributed by atoms with Gasteiger partial charge in [-0.1, -0.05) is 34.1 Å². The van der Waals surface area contributed by atoms with E-state index in [2.05, 4.69) is 15.9 Å². The molecule has 1 rings (SSSR count). The number of likely N-dealkylation sites (N-methyl/N-ethyl adjacent to an activating group) is 2. The van der Waals surface area contributed by atoms with Crippen molar-refractivity contribution in [2.75, 3.05) is 27.2 Å². The van der Waals surface area contributed by atoms with E-state index in [4.69, 9.17) is 5.11 Å². The molecule has 0 aliphatic heterocycles. The molecule has 4 nitrogen and oxygen atoms in total. The molecule has 0 aromatic heterocycles. The highest BCUT2D eigenvalue weighted by Crippen LogP contribution is 2.17. The number of rotatable bonds is 6. The quantitative estimate of drug-likeness (QED) is 0.864. The Bertz CT molecular complexity index is 426. The Morgan fingerprint density at radius 3 is 2.58 bits per heavy atom. The molecule has 0 bridgehead atoms. The molecule has 1 aromatic carbocycles. The van der Waals surface area contributed by atoms with Crippen LogP contribution in [0.2, 0.25) is 0 Å². The Kier molecular flexibility index (Phi) is 6.48. The zero-order chi connectivity index (χ0) is 14.4. The Morgan fingerprint density at radius 2 is 2.00 bits per heavy atom. The SMILES string of the molecule is CC(CO)N(C)CC(=O)N(C)Cc1ccccc1Br. The van der Waals surface area contributed by atoms with Gasteiger partial charge >= 0.3 is 0 Å². The van der Waals surface area contributed by atoms with Crippen LogP contribution < -0.4 is 0 Å². The normalized spacial score (nSPS) is 12.5. The monoisotopic (exact) mass is 328 g/mol. The van der Waals surface area contributed by atoms with Gasteiger partial charge in [0.15, 0.2) is 0 Å². The van der Waals surface area contributed by atoms with Crippen LogP contribution in [0.4, 0.5) is 0 Å². The third kappa shape index (κ3) is 4.93. The highest BCUT2D eigenvalue weighted by atomic mass is 79.9. The zero-order valence-corrected chi connectivity index (χ0v) is 13.2.